The van der Waals surface area contributed by atoms with E-state index in [1.165, 1.54) is 6.07 Å². The first-order valence-corrected chi connectivity index (χ1v) is 8.09. The number of rotatable bonds is 8. The summed E-state index contributed by atoms with van der Waals surface area (Å²) in [7, 11) is 0. The van der Waals surface area contributed by atoms with Gasteiger partial charge in [0.2, 0.25) is 0 Å². The summed E-state index contributed by atoms with van der Waals surface area (Å²) in [5, 5.41) is 14.8. The van der Waals surface area contributed by atoms with Gasteiger partial charge in [-0.05, 0) is 55.2 Å². The molecule has 0 aromatic heterocycles. The van der Waals surface area contributed by atoms with E-state index in [1.54, 1.807) is 18.2 Å². The van der Waals surface area contributed by atoms with E-state index in [-0.39, 0.29) is 24.9 Å². The molecule has 24 heavy (non-hydrogen) atoms. The van der Waals surface area contributed by atoms with Gasteiger partial charge < -0.3 is 15.7 Å². The van der Waals surface area contributed by atoms with Crippen LogP contribution in [0.2, 0.25) is 0 Å². The molecule has 0 fully saturated rings. The van der Waals surface area contributed by atoms with Crippen LogP contribution in [0.15, 0.2) is 42.5 Å². The average Bonchev–Trinajstić information content (AvgIpc) is 2.58. The number of halogens is 1. The van der Waals surface area contributed by atoms with Gasteiger partial charge in [-0.1, -0.05) is 18.2 Å². The summed E-state index contributed by atoms with van der Waals surface area (Å²) in [6.45, 7) is 2.79. The summed E-state index contributed by atoms with van der Waals surface area (Å²) >= 11 is 0. The molecule has 2 aromatic rings. The Hall–Kier alpha value is -2.40. The van der Waals surface area contributed by atoms with E-state index in [9.17, 15) is 9.18 Å². The molecule has 0 bridgehead atoms. The normalized spacial score (nSPS) is 10.5. The van der Waals surface area contributed by atoms with Crippen molar-refractivity contribution < 1.29 is 14.3 Å². The maximum atomic E-state index is 13.1. The molecule has 128 valence electrons. The lowest BCUT2D eigenvalue weighted by molar-refractivity contribution is 0.0944. The third-order valence-electron chi connectivity index (χ3n) is 3.82. The molecule has 0 aliphatic heterocycles. The molecule has 2 aromatic carbocycles. The van der Waals surface area contributed by atoms with Gasteiger partial charge in [-0.25, -0.2) is 4.39 Å². The number of nitrogens with one attached hydrogen (secondary N) is 2. The molecule has 0 aliphatic carbocycles. The Bertz CT molecular complexity index is 689. The van der Waals surface area contributed by atoms with Crippen molar-refractivity contribution in [2.45, 2.75) is 19.8 Å². The topological polar surface area (TPSA) is 61.4 Å². The third kappa shape index (κ3) is 5.06. The minimum atomic E-state index is -0.210. The molecule has 0 unspecified atom stereocenters. The number of benzene rings is 2. The van der Waals surface area contributed by atoms with E-state index in [1.807, 2.05) is 25.1 Å². The molecular formula is C19H23FN2O2. The van der Waals surface area contributed by atoms with Crippen LogP contribution in [-0.4, -0.2) is 30.7 Å². The Morgan fingerprint density at radius 3 is 2.71 bits per heavy atom. The van der Waals surface area contributed by atoms with E-state index >= 15 is 0 Å². The van der Waals surface area contributed by atoms with Crippen LogP contribution in [-0.2, 0) is 6.42 Å². The lowest BCUT2D eigenvalue weighted by Crippen LogP contribution is -2.27. The fraction of sp³-hybridized carbons (Fsp3) is 0.316. The molecule has 0 saturated carbocycles. The lowest BCUT2D eigenvalue weighted by atomic mass is 10.1. The van der Waals surface area contributed by atoms with E-state index in [0.717, 1.165) is 36.2 Å². The van der Waals surface area contributed by atoms with Gasteiger partial charge in [0, 0.05) is 24.3 Å². The highest BCUT2D eigenvalue weighted by molar-refractivity contribution is 5.97. The van der Waals surface area contributed by atoms with Crippen LogP contribution in [0.1, 0.15) is 27.9 Å². The Balaban J connectivity index is 1.89. The monoisotopic (exact) mass is 330 g/mol. The highest BCUT2D eigenvalue weighted by atomic mass is 19.1. The zero-order valence-corrected chi connectivity index (χ0v) is 13.8. The summed E-state index contributed by atoms with van der Waals surface area (Å²) in [4.78, 5) is 12.0. The van der Waals surface area contributed by atoms with Crippen molar-refractivity contribution in [1.82, 2.24) is 5.32 Å². The summed E-state index contributed by atoms with van der Waals surface area (Å²) in [5.74, 6) is -0.400. The van der Waals surface area contributed by atoms with Crippen LogP contribution >= 0.6 is 0 Å². The van der Waals surface area contributed by atoms with Gasteiger partial charge in [0.15, 0.2) is 0 Å². The van der Waals surface area contributed by atoms with E-state index < -0.39 is 0 Å². The zero-order chi connectivity index (χ0) is 17.4. The predicted octanol–water partition coefficient (Wildman–Crippen LogP) is 2.90. The molecule has 0 spiro atoms. The number of hydrogen-bond donors (Lipinski definition) is 3. The minimum Gasteiger partial charge on any atom is -0.395 e. The highest BCUT2D eigenvalue weighted by Crippen LogP contribution is 2.19. The zero-order valence-electron chi connectivity index (χ0n) is 13.8. The van der Waals surface area contributed by atoms with Crippen molar-refractivity contribution in [2.75, 3.05) is 25.0 Å². The fourth-order valence-corrected chi connectivity index (χ4v) is 2.55. The van der Waals surface area contributed by atoms with Crippen LogP contribution in [0.3, 0.4) is 0 Å². The number of aliphatic hydroxyl groups is 1. The fourth-order valence-electron chi connectivity index (χ4n) is 2.55. The molecule has 0 saturated heterocycles. The number of carbonyl (C=O) groups excluding carboxylic acids is 1. The maximum absolute atomic E-state index is 13.1. The quantitative estimate of drug-likeness (QED) is 0.652. The average molecular weight is 330 g/mol. The number of hydrogen-bond acceptors (Lipinski definition) is 3. The van der Waals surface area contributed by atoms with Crippen LogP contribution in [0.4, 0.5) is 10.1 Å². The van der Waals surface area contributed by atoms with Gasteiger partial charge in [-0.15, -0.1) is 0 Å². The second-order valence-corrected chi connectivity index (χ2v) is 5.62. The molecule has 5 heteroatoms. The number of anilines is 1. The number of carbonyl (C=O) groups is 1. The van der Waals surface area contributed by atoms with Gasteiger partial charge in [0.1, 0.15) is 5.82 Å². The molecule has 4 nitrogen and oxygen atoms in total. The molecular weight excluding hydrogens is 307 g/mol. The van der Waals surface area contributed by atoms with Crippen molar-refractivity contribution in [3.63, 3.8) is 0 Å². The van der Waals surface area contributed by atoms with E-state index in [4.69, 9.17) is 5.11 Å². The van der Waals surface area contributed by atoms with Crippen molar-refractivity contribution in [3.05, 3.63) is 65.0 Å². The second-order valence-electron chi connectivity index (χ2n) is 5.62. The van der Waals surface area contributed by atoms with Gasteiger partial charge in [0.25, 0.3) is 5.91 Å². The van der Waals surface area contributed by atoms with Gasteiger partial charge in [0.05, 0.1) is 6.61 Å². The van der Waals surface area contributed by atoms with Crippen LogP contribution in [0.5, 0.6) is 0 Å². The minimum absolute atomic E-state index is 0.0805. The predicted molar refractivity (Wildman–Crippen MR) is 93.8 cm³/mol. The highest BCUT2D eigenvalue weighted by Gasteiger charge is 2.10. The van der Waals surface area contributed by atoms with Gasteiger partial charge >= 0.3 is 0 Å². The third-order valence-corrected chi connectivity index (χ3v) is 3.82. The molecule has 1 amide bonds. The Labute approximate surface area is 141 Å². The SMILES string of the molecule is Cc1c(NCCCc2cccc(F)c2)cccc1C(=O)NCCO. The van der Waals surface area contributed by atoms with Crippen molar-refractivity contribution in [3.8, 4) is 0 Å². The number of aliphatic hydroxyl groups excluding tert-OH is 1. The number of aryl methyl sites for hydroxylation is 1. The first-order valence-electron chi connectivity index (χ1n) is 8.09. The molecule has 0 heterocycles. The van der Waals surface area contributed by atoms with E-state index in [0.29, 0.717) is 5.56 Å². The van der Waals surface area contributed by atoms with Crippen LogP contribution in [0, 0.1) is 12.7 Å². The van der Waals surface area contributed by atoms with Crippen molar-refractivity contribution >= 4 is 11.6 Å². The first kappa shape index (κ1) is 17.9. The lowest BCUT2D eigenvalue weighted by Gasteiger charge is -2.13. The van der Waals surface area contributed by atoms with Crippen molar-refractivity contribution in [1.29, 1.82) is 0 Å². The van der Waals surface area contributed by atoms with Crippen LogP contribution in [0.25, 0.3) is 0 Å². The van der Waals surface area contributed by atoms with Crippen LogP contribution < -0.4 is 10.6 Å². The molecule has 0 radical (unpaired) electrons. The molecule has 2 rings (SSSR count). The van der Waals surface area contributed by atoms with Gasteiger partial charge in [-0.3, -0.25) is 4.79 Å². The van der Waals surface area contributed by atoms with Gasteiger partial charge in [-0.2, -0.15) is 0 Å². The second kappa shape index (κ2) is 9.03. The maximum Gasteiger partial charge on any atom is 0.251 e. The summed E-state index contributed by atoms with van der Waals surface area (Å²) < 4.78 is 13.1. The molecule has 0 atom stereocenters. The smallest absolute Gasteiger partial charge is 0.251 e. The number of amides is 1. The molecule has 0 aliphatic rings. The van der Waals surface area contributed by atoms with E-state index in [2.05, 4.69) is 10.6 Å². The Kier molecular flexibility index (Phi) is 6.75. The summed E-state index contributed by atoms with van der Waals surface area (Å²) in [6.07, 6.45) is 1.66. The first-order chi connectivity index (χ1) is 11.6. The largest absolute Gasteiger partial charge is 0.395 e. The summed E-state index contributed by atoms with van der Waals surface area (Å²) in [5.41, 5.74) is 3.36. The summed E-state index contributed by atoms with van der Waals surface area (Å²) in [6, 6.07) is 12.2. The Morgan fingerprint density at radius 1 is 1.17 bits per heavy atom. The van der Waals surface area contributed by atoms with Crippen molar-refractivity contribution in [2.24, 2.45) is 0 Å². The standard InChI is InChI=1S/C19H23FN2O2/c1-14-17(19(24)22-11-12-23)8-3-9-18(14)21-10-4-6-15-5-2-7-16(20)13-15/h2-3,5,7-9,13,21,23H,4,6,10-12H2,1H3,(H,22,24). The molecule has 3 N–H and O–H groups in total. The Morgan fingerprint density at radius 2 is 1.96 bits per heavy atom.